The van der Waals surface area contributed by atoms with E-state index >= 15 is 0 Å². The van der Waals surface area contributed by atoms with Crippen molar-refractivity contribution in [1.29, 1.82) is 5.26 Å². The monoisotopic (exact) mass is 372 g/mol. The molecule has 0 aromatic heterocycles. The third-order valence-corrected chi connectivity index (χ3v) is 4.92. The Morgan fingerprint density at radius 2 is 1.52 bits per heavy atom. The number of aliphatic imine (C=N–C) groups is 1. The van der Waals surface area contributed by atoms with E-state index in [2.05, 4.69) is 11.4 Å². The molecule has 0 bridgehead atoms. The van der Waals surface area contributed by atoms with Gasteiger partial charge in [0.25, 0.3) is 0 Å². The minimum absolute atomic E-state index is 0.0351. The molecule has 4 nitrogen and oxygen atoms in total. The average Bonchev–Trinajstić information content (AvgIpc) is 3.14. The van der Waals surface area contributed by atoms with Crippen LogP contribution in [0.5, 0.6) is 0 Å². The second kappa shape index (κ2) is 7.14. The zero-order chi connectivity index (χ0) is 18.8. The summed E-state index contributed by atoms with van der Waals surface area (Å²) in [6.45, 7) is 0. The molecule has 132 valence electrons. The highest BCUT2D eigenvalue weighted by atomic mass is 35.5. The Morgan fingerprint density at radius 3 is 2.15 bits per heavy atom. The standard InChI is InChI=1S/C22H17ClN4/c23-18-9-5-17(6-10-18)22-26-20(15-3-1-14(13-24)2-4-15)21(27-22)16-7-11-19(25)12-8-16/h1-12,20-21H,25H2,(H,26,27)/t20-,21+/m1/s1. The lowest BCUT2D eigenvalue weighted by Crippen LogP contribution is -2.25. The molecule has 0 saturated heterocycles. The minimum atomic E-state index is -0.0933. The highest BCUT2D eigenvalue weighted by Gasteiger charge is 2.31. The molecule has 1 heterocycles. The van der Waals surface area contributed by atoms with Crippen LogP contribution in [0, 0.1) is 11.3 Å². The van der Waals surface area contributed by atoms with Crippen molar-refractivity contribution in [2.75, 3.05) is 5.73 Å². The molecule has 1 aliphatic heterocycles. The van der Waals surface area contributed by atoms with Crippen molar-refractivity contribution < 1.29 is 0 Å². The molecule has 3 N–H and O–H groups in total. The number of benzene rings is 3. The Kier molecular flexibility index (Phi) is 4.53. The third-order valence-electron chi connectivity index (χ3n) is 4.67. The summed E-state index contributed by atoms with van der Waals surface area (Å²) in [6.07, 6.45) is 0. The zero-order valence-electron chi connectivity index (χ0n) is 14.4. The second-order valence-corrected chi connectivity index (χ2v) is 6.89. The van der Waals surface area contributed by atoms with E-state index in [0.29, 0.717) is 10.6 Å². The fourth-order valence-corrected chi connectivity index (χ4v) is 3.36. The van der Waals surface area contributed by atoms with Gasteiger partial charge in [0.15, 0.2) is 0 Å². The first kappa shape index (κ1) is 17.1. The number of nitrogens with zero attached hydrogens (tertiary/aromatic N) is 2. The van der Waals surface area contributed by atoms with Gasteiger partial charge in [0.05, 0.1) is 17.7 Å². The predicted octanol–water partition coefficient (Wildman–Crippen LogP) is 4.63. The van der Waals surface area contributed by atoms with E-state index in [0.717, 1.165) is 28.2 Å². The van der Waals surface area contributed by atoms with E-state index in [-0.39, 0.29) is 12.1 Å². The van der Waals surface area contributed by atoms with Crippen LogP contribution < -0.4 is 11.1 Å². The summed E-state index contributed by atoms with van der Waals surface area (Å²) in [7, 11) is 0. The molecule has 3 aromatic carbocycles. The van der Waals surface area contributed by atoms with Gasteiger partial charge in [0.2, 0.25) is 0 Å². The van der Waals surface area contributed by atoms with Crippen LogP contribution in [-0.2, 0) is 0 Å². The van der Waals surface area contributed by atoms with Gasteiger partial charge in [-0.05, 0) is 59.7 Å². The Hall–Kier alpha value is -3.29. The summed E-state index contributed by atoms with van der Waals surface area (Å²) >= 11 is 6.01. The lowest BCUT2D eigenvalue weighted by atomic mass is 9.94. The first-order valence-electron chi connectivity index (χ1n) is 8.60. The van der Waals surface area contributed by atoms with Crippen molar-refractivity contribution in [3.05, 3.63) is 100 Å². The lowest BCUT2D eigenvalue weighted by molar-refractivity contribution is 0.572. The molecule has 4 rings (SSSR count). The normalized spacial score (nSPS) is 18.4. The first-order valence-corrected chi connectivity index (χ1v) is 8.97. The van der Waals surface area contributed by atoms with Crippen LogP contribution in [-0.4, -0.2) is 5.84 Å². The van der Waals surface area contributed by atoms with Crippen LogP contribution in [0.4, 0.5) is 5.69 Å². The van der Waals surface area contributed by atoms with Crippen LogP contribution in [0.3, 0.4) is 0 Å². The van der Waals surface area contributed by atoms with E-state index in [1.165, 1.54) is 0 Å². The molecule has 0 radical (unpaired) electrons. The largest absolute Gasteiger partial charge is 0.399 e. The number of nitrogen functional groups attached to an aromatic ring is 1. The summed E-state index contributed by atoms with van der Waals surface area (Å²) < 4.78 is 0. The van der Waals surface area contributed by atoms with Crippen LogP contribution in [0.1, 0.15) is 34.3 Å². The van der Waals surface area contributed by atoms with Crippen LogP contribution in [0.25, 0.3) is 0 Å². The molecule has 5 heteroatoms. The maximum absolute atomic E-state index is 9.05. The first-order chi connectivity index (χ1) is 13.1. The van der Waals surface area contributed by atoms with Gasteiger partial charge < -0.3 is 11.1 Å². The number of nitrogens with one attached hydrogen (secondary N) is 1. The Morgan fingerprint density at radius 1 is 0.889 bits per heavy atom. The van der Waals surface area contributed by atoms with E-state index in [1.54, 1.807) is 0 Å². The number of anilines is 1. The van der Waals surface area contributed by atoms with Gasteiger partial charge >= 0.3 is 0 Å². The Balaban J connectivity index is 1.73. The summed E-state index contributed by atoms with van der Waals surface area (Å²) in [5.41, 5.74) is 10.3. The van der Waals surface area contributed by atoms with E-state index in [9.17, 15) is 0 Å². The summed E-state index contributed by atoms with van der Waals surface area (Å²) in [5, 5.41) is 13.3. The topological polar surface area (TPSA) is 74.2 Å². The SMILES string of the molecule is N#Cc1ccc([C@H]2NC(c3ccc(Cl)cc3)=N[C@H]2c2ccc(N)cc2)cc1. The summed E-state index contributed by atoms with van der Waals surface area (Å²) in [5.74, 6) is 0.822. The van der Waals surface area contributed by atoms with Crippen molar-refractivity contribution in [1.82, 2.24) is 5.32 Å². The number of halogens is 1. The molecular formula is C22H17ClN4. The number of amidine groups is 1. The number of rotatable bonds is 3. The van der Waals surface area contributed by atoms with Crippen LogP contribution in [0.15, 0.2) is 77.8 Å². The average molecular weight is 373 g/mol. The number of nitriles is 1. The second-order valence-electron chi connectivity index (χ2n) is 6.45. The van der Waals surface area contributed by atoms with Gasteiger partial charge in [0.1, 0.15) is 11.9 Å². The maximum Gasteiger partial charge on any atom is 0.129 e. The van der Waals surface area contributed by atoms with Gasteiger partial charge in [-0.3, -0.25) is 4.99 Å². The zero-order valence-corrected chi connectivity index (χ0v) is 15.2. The molecule has 3 aromatic rings. The highest BCUT2D eigenvalue weighted by Crippen LogP contribution is 2.37. The van der Waals surface area contributed by atoms with E-state index in [4.69, 9.17) is 27.6 Å². The molecule has 0 spiro atoms. The molecule has 1 aliphatic rings. The maximum atomic E-state index is 9.05. The van der Waals surface area contributed by atoms with E-state index < -0.39 is 0 Å². The smallest absolute Gasteiger partial charge is 0.129 e. The molecule has 2 atom stereocenters. The van der Waals surface area contributed by atoms with Gasteiger partial charge in [-0.1, -0.05) is 35.9 Å². The van der Waals surface area contributed by atoms with Crippen LogP contribution >= 0.6 is 11.6 Å². The fraction of sp³-hybridized carbons (Fsp3) is 0.0909. The fourth-order valence-electron chi connectivity index (χ4n) is 3.23. The Bertz CT molecular complexity index is 1020. The van der Waals surface area contributed by atoms with Gasteiger partial charge in [-0.25, -0.2) is 0 Å². The Labute approximate surface area is 162 Å². The van der Waals surface area contributed by atoms with Gasteiger partial charge in [-0.15, -0.1) is 0 Å². The highest BCUT2D eigenvalue weighted by molar-refractivity contribution is 6.30. The molecule has 0 aliphatic carbocycles. The number of nitrogens with two attached hydrogens (primary N) is 1. The number of hydrogen-bond acceptors (Lipinski definition) is 4. The van der Waals surface area contributed by atoms with E-state index in [1.807, 2.05) is 72.8 Å². The molecular weight excluding hydrogens is 356 g/mol. The van der Waals surface area contributed by atoms with Gasteiger partial charge in [0, 0.05) is 16.3 Å². The van der Waals surface area contributed by atoms with Crippen molar-refractivity contribution in [3.63, 3.8) is 0 Å². The molecule has 0 unspecified atom stereocenters. The van der Waals surface area contributed by atoms with Crippen molar-refractivity contribution in [2.45, 2.75) is 12.1 Å². The molecule has 0 saturated carbocycles. The van der Waals surface area contributed by atoms with Crippen molar-refractivity contribution in [3.8, 4) is 6.07 Å². The van der Waals surface area contributed by atoms with Crippen molar-refractivity contribution in [2.24, 2.45) is 4.99 Å². The minimum Gasteiger partial charge on any atom is -0.399 e. The lowest BCUT2D eigenvalue weighted by Gasteiger charge is -2.20. The van der Waals surface area contributed by atoms with Crippen molar-refractivity contribution >= 4 is 23.1 Å². The quantitative estimate of drug-likeness (QED) is 0.658. The van der Waals surface area contributed by atoms with Crippen LogP contribution in [0.2, 0.25) is 5.02 Å². The molecule has 27 heavy (non-hydrogen) atoms. The van der Waals surface area contributed by atoms with Gasteiger partial charge in [-0.2, -0.15) is 5.26 Å². The summed E-state index contributed by atoms with van der Waals surface area (Å²) in [6, 6.07) is 25.0. The molecule has 0 fully saturated rings. The molecule has 0 amide bonds. The predicted molar refractivity (Wildman–Crippen MR) is 109 cm³/mol. The summed E-state index contributed by atoms with van der Waals surface area (Å²) in [4.78, 5) is 4.94. The third kappa shape index (κ3) is 3.51. The number of hydrogen-bond donors (Lipinski definition) is 2.